The van der Waals surface area contributed by atoms with Gasteiger partial charge in [0.2, 0.25) is 18.1 Å². The lowest BCUT2D eigenvalue weighted by Gasteiger charge is -2.36. The fraction of sp³-hybridized carbons (Fsp3) is 0.630. The molecular formula is C27H39N3O7. The molecule has 4 unspecified atom stereocenters. The smallest absolute Gasteiger partial charge is 0.408 e. The van der Waals surface area contributed by atoms with Crippen LogP contribution in [0.3, 0.4) is 0 Å². The molecule has 204 valence electrons. The molecule has 0 saturated carbocycles. The Bertz CT molecular complexity index is 984. The van der Waals surface area contributed by atoms with Crippen molar-refractivity contribution >= 4 is 23.9 Å². The molecule has 2 fully saturated rings. The first-order chi connectivity index (χ1) is 17.2. The van der Waals surface area contributed by atoms with E-state index in [0.29, 0.717) is 19.4 Å². The van der Waals surface area contributed by atoms with Crippen LogP contribution >= 0.6 is 0 Å². The molecule has 0 radical (unpaired) electrons. The van der Waals surface area contributed by atoms with Crippen LogP contribution in [0.4, 0.5) is 4.79 Å². The molecule has 1 aromatic rings. The van der Waals surface area contributed by atoms with Crippen molar-refractivity contribution in [3.8, 4) is 0 Å². The van der Waals surface area contributed by atoms with Crippen molar-refractivity contribution in [2.24, 2.45) is 5.41 Å². The van der Waals surface area contributed by atoms with Crippen molar-refractivity contribution in [1.29, 1.82) is 0 Å². The van der Waals surface area contributed by atoms with Gasteiger partial charge in [0.25, 0.3) is 0 Å². The topological polar surface area (TPSA) is 123 Å². The summed E-state index contributed by atoms with van der Waals surface area (Å²) < 4.78 is 16.4. The largest absolute Gasteiger partial charge is 0.444 e. The van der Waals surface area contributed by atoms with Gasteiger partial charge in [-0.25, -0.2) is 4.79 Å². The van der Waals surface area contributed by atoms with Crippen LogP contribution in [0.25, 0.3) is 0 Å². The van der Waals surface area contributed by atoms with Crippen molar-refractivity contribution < 1.29 is 33.4 Å². The first kappa shape index (κ1) is 28.4. The number of cyclic esters (lactones) is 1. The van der Waals surface area contributed by atoms with Crippen molar-refractivity contribution in [2.45, 2.75) is 97.4 Å². The molecule has 3 amide bonds. The standard InChI is InChI=1S/C27H39N3O7/c1-26(2,3)21(29-25(34)37-27(4,5)6)23(33)30-14-10-13-19(30)22(32)28-18-15-20(31)36-24(18)35-16-17-11-8-7-9-12-17/h7-9,11-12,18-19,21,24H,10,13-16H2,1-6H3,(H,28,32)(H,29,34). The number of carbonyl (C=O) groups excluding carboxylic acids is 4. The van der Waals surface area contributed by atoms with Crippen molar-refractivity contribution in [1.82, 2.24) is 15.5 Å². The molecule has 0 aliphatic carbocycles. The van der Waals surface area contributed by atoms with E-state index < -0.39 is 47.5 Å². The number of rotatable bonds is 7. The Balaban J connectivity index is 1.66. The van der Waals surface area contributed by atoms with Crippen LogP contribution in [0.5, 0.6) is 0 Å². The van der Waals surface area contributed by atoms with Gasteiger partial charge in [0.05, 0.1) is 13.0 Å². The molecule has 10 nitrogen and oxygen atoms in total. The number of amides is 3. The molecule has 4 atom stereocenters. The third-order valence-electron chi connectivity index (χ3n) is 6.16. The number of hydrogen-bond donors (Lipinski definition) is 2. The molecular weight excluding hydrogens is 478 g/mol. The van der Waals surface area contributed by atoms with E-state index in [1.807, 2.05) is 51.1 Å². The number of esters is 1. The summed E-state index contributed by atoms with van der Waals surface area (Å²) in [7, 11) is 0. The van der Waals surface area contributed by atoms with Gasteiger partial charge in [0.15, 0.2) is 0 Å². The van der Waals surface area contributed by atoms with E-state index in [2.05, 4.69) is 10.6 Å². The molecule has 0 bridgehead atoms. The van der Waals surface area contributed by atoms with Crippen LogP contribution in [0.15, 0.2) is 30.3 Å². The van der Waals surface area contributed by atoms with E-state index in [9.17, 15) is 19.2 Å². The summed E-state index contributed by atoms with van der Waals surface area (Å²) in [4.78, 5) is 52.8. The minimum Gasteiger partial charge on any atom is -0.444 e. The fourth-order valence-corrected chi connectivity index (χ4v) is 4.38. The summed E-state index contributed by atoms with van der Waals surface area (Å²) in [5, 5.41) is 5.56. The Kier molecular flexibility index (Phi) is 8.84. The Morgan fingerprint density at radius 2 is 1.78 bits per heavy atom. The predicted octanol–water partition coefficient (Wildman–Crippen LogP) is 2.89. The van der Waals surface area contributed by atoms with Gasteiger partial charge < -0.3 is 29.7 Å². The Morgan fingerprint density at radius 3 is 2.41 bits per heavy atom. The van der Waals surface area contributed by atoms with Gasteiger partial charge in [-0.3, -0.25) is 14.4 Å². The van der Waals surface area contributed by atoms with Crippen molar-refractivity contribution in [3.63, 3.8) is 0 Å². The molecule has 37 heavy (non-hydrogen) atoms. The van der Waals surface area contributed by atoms with Crippen molar-refractivity contribution in [3.05, 3.63) is 35.9 Å². The SMILES string of the molecule is CC(C)(C)OC(=O)NC(C(=O)N1CCCC1C(=O)NC1CC(=O)OC1OCc1ccccc1)C(C)(C)C. The van der Waals surface area contributed by atoms with E-state index in [0.717, 1.165) is 5.56 Å². The maximum atomic E-state index is 13.6. The van der Waals surface area contributed by atoms with E-state index >= 15 is 0 Å². The normalized spacial score (nSPS) is 22.8. The maximum Gasteiger partial charge on any atom is 0.408 e. The lowest BCUT2D eigenvalue weighted by Crippen LogP contribution is -2.59. The van der Waals surface area contributed by atoms with E-state index in [1.165, 1.54) is 4.90 Å². The number of alkyl carbamates (subject to hydrolysis) is 1. The fourth-order valence-electron chi connectivity index (χ4n) is 4.38. The molecule has 3 rings (SSSR count). The monoisotopic (exact) mass is 517 g/mol. The van der Waals surface area contributed by atoms with Crippen LogP contribution in [-0.2, 0) is 35.2 Å². The van der Waals surface area contributed by atoms with Crippen LogP contribution < -0.4 is 10.6 Å². The summed E-state index contributed by atoms with van der Waals surface area (Å²) in [5.41, 5.74) is -0.431. The molecule has 2 N–H and O–H groups in total. The maximum absolute atomic E-state index is 13.6. The zero-order chi connectivity index (χ0) is 27.4. The highest BCUT2D eigenvalue weighted by Crippen LogP contribution is 2.27. The minimum atomic E-state index is -0.918. The number of carbonyl (C=O) groups is 4. The molecule has 0 aromatic heterocycles. The highest BCUT2D eigenvalue weighted by molar-refractivity contribution is 5.92. The van der Waals surface area contributed by atoms with Gasteiger partial charge in [-0.15, -0.1) is 0 Å². The zero-order valence-corrected chi connectivity index (χ0v) is 22.5. The lowest BCUT2D eigenvalue weighted by atomic mass is 9.85. The second kappa shape index (κ2) is 11.5. The highest BCUT2D eigenvalue weighted by Gasteiger charge is 2.44. The zero-order valence-electron chi connectivity index (χ0n) is 22.5. The highest BCUT2D eigenvalue weighted by atomic mass is 16.7. The summed E-state index contributed by atoms with van der Waals surface area (Å²) in [6.45, 7) is 11.4. The van der Waals surface area contributed by atoms with Gasteiger partial charge in [0.1, 0.15) is 23.7 Å². The Labute approximate surface area is 218 Å². The van der Waals surface area contributed by atoms with Crippen LogP contribution in [0.1, 0.15) is 66.4 Å². The Morgan fingerprint density at radius 1 is 1.11 bits per heavy atom. The van der Waals surface area contributed by atoms with Gasteiger partial charge in [0, 0.05) is 6.54 Å². The predicted molar refractivity (Wildman–Crippen MR) is 135 cm³/mol. The Hall–Kier alpha value is -3.14. The number of likely N-dealkylation sites (tertiary alicyclic amines) is 1. The van der Waals surface area contributed by atoms with E-state index in [4.69, 9.17) is 14.2 Å². The minimum absolute atomic E-state index is 0.0172. The third-order valence-corrected chi connectivity index (χ3v) is 6.16. The molecule has 2 saturated heterocycles. The third kappa shape index (κ3) is 7.92. The van der Waals surface area contributed by atoms with Crippen LogP contribution in [0.2, 0.25) is 0 Å². The quantitative estimate of drug-likeness (QED) is 0.533. The summed E-state index contributed by atoms with van der Waals surface area (Å²) in [5.74, 6) is -1.20. The van der Waals surface area contributed by atoms with Gasteiger partial charge in [-0.05, 0) is 44.6 Å². The molecule has 2 aliphatic heterocycles. The van der Waals surface area contributed by atoms with Crippen molar-refractivity contribution in [2.75, 3.05) is 6.54 Å². The number of nitrogens with zero attached hydrogens (tertiary/aromatic N) is 1. The number of nitrogens with one attached hydrogen (secondary N) is 2. The first-order valence-electron chi connectivity index (χ1n) is 12.7. The average Bonchev–Trinajstić information content (AvgIpc) is 3.41. The van der Waals surface area contributed by atoms with Gasteiger partial charge >= 0.3 is 12.1 Å². The van der Waals surface area contributed by atoms with Gasteiger partial charge in [-0.1, -0.05) is 51.1 Å². The molecule has 2 aliphatic rings. The van der Waals surface area contributed by atoms with Crippen LogP contribution in [-0.4, -0.2) is 65.3 Å². The summed E-state index contributed by atoms with van der Waals surface area (Å²) >= 11 is 0. The second-order valence-corrected chi connectivity index (χ2v) is 11.6. The first-order valence-corrected chi connectivity index (χ1v) is 12.7. The summed E-state index contributed by atoms with van der Waals surface area (Å²) in [6, 6.07) is 7.15. The van der Waals surface area contributed by atoms with Gasteiger partial charge in [-0.2, -0.15) is 0 Å². The molecule has 0 spiro atoms. The molecule has 10 heteroatoms. The lowest BCUT2D eigenvalue weighted by molar-refractivity contribution is -0.168. The molecule has 1 aromatic carbocycles. The van der Waals surface area contributed by atoms with E-state index in [1.54, 1.807) is 20.8 Å². The van der Waals surface area contributed by atoms with Crippen LogP contribution in [0, 0.1) is 5.41 Å². The second-order valence-electron chi connectivity index (χ2n) is 11.6. The number of hydrogen-bond acceptors (Lipinski definition) is 7. The summed E-state index contributed by atoms with van der Waals surface area (Å²) in [6.07, 6.45) is -0.519. The number of ether oxygens (including phenoxy) is 3. The molecule has 2 heterocycles. The van der Waals surface area contributed by atoms with E-state index in [-0.39, 0.29) is 24.8 Å². The number of benzene rings is 1. The average molecular weight is 518 g/mol.